The molecule has 0 saturated carbocycles. The summed E-state index contributed by atoms with van der Waals surface area (Å²) in [5.41, 5.74) is 7.12. The molecule has 0 bridgehead atoms. The first-order valence-electron chi connectivity index (χ1n) is 4.18. The average molecular weight is 184 g/mol. The van der Waals surface area contributed by atoms with Crippen molar-refractivity contribution in [1.29, 1.82) is 0 Å². The SMILES string of the molecule is NC(CCCl)Cc1ccccc1. The predicted octanol–water partition coefficient (Wildman–Crippen LogP) is 2.19. The summed E-state index contributed by atoms with van der Waals surface area (Å²) in [6.45, 7) is 0. The van der Waals surface area contributed by atoms with Gasteiger partial charge in [0.1, 0.15) is 0 Å². The molecule has 2 heteroatoms. The normalized spacial score (nSPS) is 12.8. The Morgan fingerprint density at radius 1 is 1.25 bits per heavy atom. The van der Waals surface area contributed by atoms with Crippen LogP contribution in [-0.4, -0.2) is 11.9 Å². The monoisotopic (exact) mass is 183 g/mol. The molecule has 1 aromatic carbocycles. The number of hydrogen-bond donors (Lipinski definition) is 1. The molecule has 1 nitrogen and oxygen atoms in total. The maximum absolute atomic E-state index is 5.83. The lowest BCUT2D eigenvalue weighted by atomic mass is 10.1. The molecule has 1 atom stereocenters. The number of rotatable bonds is 4. The molecule has 0 amide bonds. The minimum atomic E-state index is 0.199. The van der Waals surface area contributed by atoms with Crippen LogP contribution in [0.4, 0.5) is 0 Å². The van der Waals surface area contributed by atoms with E-state index in [1.807, 2.05) is 18.2 Å². The molecule has 1 aromatic rings. The van der Waals surface area contributed by atoms with Gasteiger partial charge in [0.15, 0.2) is 0 Å². The molecule has 0 aliphatic carbocycles. The van der Waals surface area contributed by atoms with Crippen molar-refractivity contribution >= 4 is 11.6 Å². The summed E-state index contributed by atoms with van der Waals surface area (Å²) in [6.07, 6.45) is 1.81. The van der Waals surface area contributed by atoms with Crippen LogP contribution in [0.1, 0.15) is 12.0 Å². The Morgan fingerprint density at radius 2 is 1.92 bits per heavy atom. The molecule has 0 fully saturated rings. The lowest BCUT2D eigenvalue weighted by molar-refractivity contribution is 0.650. The van der Waals surface area contributed by atoms with Gasteiger partial charge in [0.2, 0.25) is 0 Å². The Labute approximate surface area is 78.5 Å². The second kappa shape index (κ2) is 5.18. The first kappa shape index (κ1) is 9.56. The molecular weight excluding hydrogens is 170 g/mol. The summed E-state index contributed by atoms with van der Waals surface area (Å²) in [4.78, 5) is 0. The third kappa shape index (κ3) is 3.24. The zero-order chi connectivity index (χ0) is 8.81. The van der Waals surface area contributed by atoms with Gasteiger partial charge in [0.05, 0.1) is 0 Å². The molecule has 0 aromatic heterocycles. The zero-order valence-electron chi connectivity index (χ0n) is 7.04. The van der Waals surface area contributed by atoms with Gasteiger partial charge in [-0.1, -0.05) is 30.3 Å². The van der Waals surface area contributed by atoms with E-state index in [9.17, 15) is 0 Å². The molecule has 0 radical (unpaired) electrons. The third-order valence-corrected chi connectivity index (χ3v) is 2.04. The van der Waals surface area contributed by atoms with Crippen LogP contribution in [0.2, 0.25) is 0 Å². The van der Waals surface area contributed by atoms with Crippen LogP contribution in [0.25, 0.3) is 0 Å². The van der Waals surface area contributed by atoms with Gasteiger partial charge in [-0.3, -0.25) is 0 Å². The van der Waals surface area contributed by atoms with Crippen molar-refractivity contribution in [1.82, 2.24) is 0 Å². The molecule has 1 unspecified atom stereocenters. The number of alkyl halides is 1. The molecule has 66 valence electrons. The van der Waals surface area contributed by atoms with Crippen LogP contribution in [0.3, 0.4) is 0 Å². The smallest absolute Gasteiger partial charge is 0.0238 e. The van der Waals surface area contributed by atoms with Crippen molar-refractivity contribution in [2.45, 2.75) is 18.9 Å². The van der Waals surface area contributed by atoms with Crippen LogP contribution in [0.5, 0.6) is 0 Å². The van der Waals surface area contributed by atoms with E-state index in [4.69, 9.17) is 17.3 Å². The second-order valence-electron chi connectivity index (χ2n) is 2.93. The van der Waals surface area contributed by atoms with Gasteiger partial charge in [0, 0.05) is 11.9 Å². The van der Waals surface area contributed by atoms with Crippen molar-refractivity contribution in [3.63, 3.8) is 0 Å². The van der Waals surface area contributed by atoms with Crippen molar-refractivity contribution in [2.75, 3.05) is 5.88 Å². The average Bonchev–Trinajstić information content (AvgIpc) is 2.06. The standard InChI is InChI=1S/C10H14ClN/c11-7-6-10(12)8-9-4-2-1-3-5-9/h1-5,10H,6-8,12H2. The summed E-state index contributed by atoms with van der Waals surface area (Å²) in [7, 11) is 0. The first-order chi connectivity index (χ1) is 5.83. The van der Waals surface area contributed by atoms with Gasteiger partial charge in [-0.05, 0) is 18.4 Å². The molecule has 0 aliphatic heterocycles. The minimum Gasteiger partial charge on any atom is -0.327 e. The molecule has 0 aliphatic rings. The molecule has 12 heavy (non-hydrogen) atoms. The first-order valence-corrected chi connectivity index (χ1v) is 4.72. The molecule has 2 N–H and O–H groups in total. The van der Waals surface area contributed by atoms with E-state index in [1.54, 1.807) is 0 Å². The van der Waals surface area contributed by atoms with Crippen LogP contribution < -0.4 is 5.73 Å². The van der Waals surface area contributed by atoms with Crippen LogP contribution in [-0.2, 0) is 6.42 Å². The van der Waals surface area contributed by atoms with Crippen LogP contribution in [0.15, 0.2) is 30.3 Å². The van der Waals surface area contributed by atoms with E-state index in [0.717, 1.165) is 12.8 Å². The fourth-order valence-corrected chi connectivity index (χ4v) is 1.44. The van der Waals surface area contributed by atoms with Crippen molar-refractivity contribution < 1.29 is 0 Å². The van der Waals surface area contributed by atoms with Gasteiger partial charge >= 0.3 is 0 Å². The van der Waals surface area contributed by atoms with Crippen molar-refractivity contribution in [2.24, 2.45) is 5.73 Å². The Morgan fingerprint density at radius 3 is 2.50 bits per heavy atom. The number of halogens is 1. The fourth-order valence-electron chi connectivity index (χ4n) is 1.16. The third-order valence-electron chi connectivity index (χ3n) is 1.82. The number of nitrogens with two attached hydrogens (primary N) is 1. The number of hydrogen-bond acceptors (Lipinski definition) is 1. The summed E-state index contributed by atoms with van der Waals surface area (Å²) in [5.74, 6) is 0.647. The number of benzene rings is 1. The van der Waals surface area contributed by atoms with Gasteiger partial charge in [-0.2, -0.15) is 0 Å². The summed E-state index contributed by atoms with van der Waals surface area (Å²) in [5, 5.41) is 0. The molecule has 0 heterocycles. The highest BCUT2D eigenvalue weighted by molar-refractivity contribution is 6.17. The van der Waals surface area contributed by atoms with E-state index < -0.39 is 0 Å². The van der Waals surface area contributed by atoms with Crippen LogP contribution in [0, 0.1) is 0 Å². The maximum atomic E-state index is 5.83. The largest absolute Gasteiger partial charge is 0.327 e. The van der Waals surface area contributed by atoms with Gasteiger partial charge in [0.25, 0.3) is 0 Å². The van der Waals surface area contributed by atoms with Crippen molar-refractivity contribution in [3.8, 4) is 0 Å². The Balaban J connectivity index is 2.41. The quantitative estimate of drug-likeness (QED) is 0.712. The Bertz CT molecular complexity index is 210. The zero-order valence-corrected chi connectivity index (χ0v) is 7.80. The lowest BCUT2D eigenvalue weighted by Gasteiger charge is -2.08. The molecular formula is C10H14ClN. The summed E-state index contributed by atoms with van der Waals surface area (Å²) >= 11 is 5.58. The van der Waals surface area contributed by atoms with E-state index in [1.165, 1.54) is 5.56 Å². The van der Waals surface area contributed by atoms with E-state index in [2.05, 4.69) is 12.1 Å². The van der Waals surface area contributed by atoms with Gasteiger partial charge in [-0.25, -0.2) is 0 Å². The van der Waals surface area contributed by atoms with E-state index >= 15 is 0 Å². The van der Waals surface area contributed by atoms with Crippen molar-refractivity contribution in [3.05, 3.63) is 35.9 Å². The maximum Gasteiger partial charge on any atom is 0.0238 e. The highest BCUT2D eigenvalue weighted by Crippen LogP contribution is 2.04. The second-order valence-corrected chi connectivity index (χ2v) is 3.31. The van der Waals surface area contributed by atoms with E-state index in [-0.39, 0.29) is 6.04 Å². The Hall–Kier alpha value is -0.530. The molecule has 1 rings (SSSR count). The lowest BCUT2D eigenvalue weighted by Crippen LogP contribution is -2.23. The highest BCUT2D eigenvalue weighted by atomic mass is 35.5. The fraction of sp³-hybridized carbons (Fsp3) is 0.400. The molecule has 0 spiro atoms. The highest BCUT2D eigenvalue weighted by Gasteiger charge is 2.01. The van der Waals surface area contributed by atoms with E-state index in [0.29, 0.717) is 5.88 Å². The minimum absolute atomic E-state index is 0.199. The Kier molecular flexibility index (Phi) is 4.12. The topological polar surface area (TPSA) is 26.0 Å². The molecule has 0 saturated heterocycles. The summed E-state index contributed by atoms with van der Waals surface area (Å²) in [6, 6.07) is 10.5. The predicted molar refractivity (Wildman–Crippen MR) is 53.5 cm³/mol. The van der Waals surface area contributed by atoms with Crippen LogP contribution >= 0.6 is 11.6 Å². The van der Waals surface area contributed by atoms with Gasteiger partial charge < -0.3 is 5.73 Å². The summed E-state index contributed by atoms with van der Waals surface area (Å²) < 4.78 is 0. The van der Waals surface area contributed by atoms with Gasteiger partial charge in [-0.15, -0.1) is 11.6 Å².